The van der Waals surface area contributed by atoms with Crippen LogP contribution in [-0.2, 0) is 0 Å². The first-order valence-corrected chi connectivity index (χ1v) is 5.65. The first-order chi connectivity index (χ1) is 7.40. The van der Waals surface area contributed by atoms with Crippen molar-refractivity contribution >= 4 is 11.3 Å². The van der Waals surface area contributed by atoms with E-state index in [-0.39, 0.29) is 0 Å². The fourth-order valence-corrected chi connectivity index (χ4v) is 2.45. The van der Waals surface area contributed by atoms with Crippen LogP contribution in [0.3, 0.4) is 0 Å². The molecule has 2 aliphatic heterocycles. The molecule has 1 fully saturated rings. The van der Waals surface area contributed by atoms with Crippen LogP contribution in [0.1, 0.15) is 18.4 Å². The Morgan fingerprint density at radius 1 is 1.33 bits per heavy atom. The number of nitrogens with zero attached hydrogens (tertiary/aromatic N) is 1. The van der Waals surface area contributed by atoms with Crippen molar-refractivity contribution in [3.63, 3.8) is 0 Å². The number of nitrogens with two attached hydrogens (primary N) is 1. The van der Waals surface area contributed by atoms with Crippen LogP contribution in [0.4, 0.5) is 5.69 Å². The van der Waals surface area contributed by atoms with Crippen molar-refractivity contribution in [1.82, 2.24) is 0 Å². The zero-order chi connectivity index (χ0) is 10.3. The summed E-state index contributed by atoms with van der Waals surface area (Å²) in [5, 5.41) is 0. The summed E-state index contributed by atoms with van der Waals surface area (Å²) in [7, 11) is 0. The van der Waals surface area contributed by atoms with Gasteiger partial charge >= 0.3 is 0 Å². The van der Waals surface area contributed by atoms with Gasteiger partial charge in [-0.15, -0.1) is 0 Å². The molecule has 0 bridgehead atoms. The molecule has 0 spiro atoms. The molecule has 2 nitrogen and oxygen atoms in total. The highest BCUT2D eigenvalue weighted by molar-refractivity contribution is 5.80. The van der Waals surface area contributed by atoms with Crippen molar-refractivity contribution < 1.29 is 0 Å². The van der Waals surface area contributed by atoms with E-state index < -0.39 is 0 Å². The van der Waals surface area contributed by atoms with E-state index in [4.69, 9.17) is 5.73 Å². The average Bonchev–Trinajstić information content (AvgIpc) is 3.03. The lowest BCUT2D eigenvalue weighted by Crippen LogP contribution is -2.02. The van der Waals surface area contributed by atoms with Crippen LogP contribution in [-0.4, -0.2) is 19.1 Å². The number of fused-ring (bicyclic) bond motifs is 3. The predicted molar refractivity (Wildman–Crippen MR) is 63.8 cm³/mol. The number of hydrogen-bond donors (Lipinski definition) is 1. The largest absolute Gasteiger partial charge is 0.364 e. The minimum Gasteiger partial charge on any atom is -0.364 e. The maximum absolute atomic E-state index is 5.66. The van der Waals surface area contributed by atoms with Crippen LogP contribution in [0.2, 0.25) is 0 Å². The Bertz CT molecular complexity index is 409. The van der Waals surface area contributed by atoms with Crippen LogP contribution >= 0.6 is 0 Å². The standard InChI is InChI=1S/C13H16N2/c14-8-7-10-5-6-11-9-15(11)13-4-2-1-3-12(10)13/h1-5,11H,6-9,14H2. The molecule has 1 saturated heterocycles. The summed E-state index contributed by atoms with van der Waals surface area (Å²) in [5.41, 5.74) is 9.88. The van der Waals surface area contributed by atoms with Gasteiger partial charge in [-0.2, -0.15) is 0 Å². The second-order valence-electron chi connectivity index (χ2n) is 4.33. The molecule has 1 aromatic rings. The summed E-state index contributed by atoms with van der Waals surface area (Å²) in [6.07, 6.45) is 4.56. The van der Waals surface area contributed by atoms with E-state index in [0.717, 1.165) is 19.0 Å². The van der Waals surface area contributed by atoms with E-state index in [0.29, 0.717) is 0 Å². The summed E-state index contributed by atoms with van der Waals surface area (Å²) in [6.45, 7) is 1.97. The molecule has 2 heteroatoms. The molecule has 1 aromatic carbocycles. The second kappa shape index (κ2) is 3.38. The number of hydrogen-bond acceptors (Lipinski definition) is 2. The van der Waals surface area contributed by atoms with Crippen LogP contribution in [0, 0.1) is 0 Å². The molecule has 0 amide bonds. The third kappa shape index (κ3) is 1.45. The van der Waals surface area contributed by atoms with Gasteiger partial charge in [0.1, 0.15) is 0 Å². The van der Waals surface area contributed by atoms with Gasteiger partial charge in [0.2, 0.25) is 0 Å². The molecule has 15 heavy (non-hydrogen) atoms. The van der Waals surface area contributed by atoms with Gasteiger partial charge in [0, 0.05) is 17.8 Å². The van der Waals surface area contributed by atoms with Crippen LogP contribution in [0.25, 0.3) is 5.57 Å². The van der Waals surface area contributed by atoms with E-state index in [1.165, 1.54) is 29.8 Å². The molecule has 1 unspecified atom stereocenters. The van der Waals surface area contributed by atoms with Gasteiger partial charge < -0.3 is 10.6 Å². The highest BCUT2D eigenvalue weighted by Gasteiger charge is 2.36. The topological polar surface area (TPSA) is 29.0 Å². The van der Waals surface area contributed by atoms with Gasteiger partial charge in [0.05, 0.1) is 6.04 Å². The minimum absolute atomic E-state index is 0.741. The molecule has 3 rings (SSSR count). The Hall–Kier alpha value is -1.28. The molecule has 0 aliphatic carbocycles. The molecule has 78 valence electrons. The van der Waals surface area contributed by atoms with E-state index in [2.05, 4.69) is 35.2 Å². The first kappa shape index (κ1) is 8.98. The number of rotatable bonds is 2. The second-order valence-corrected chi connectivity index (χ2v) is 4.33. The Labute approximate surface area is 90.4 Å². The zero-order valence-electron chi connectivity index (χ0n) is 8.82. The van der Waals surface area contributed by atoms with Crippen molar-refractivity contribution in [3.05, 3.63) is 35.9 Å². The number of para-hydroxylation sites is 1. The predicted octanol–water partition coefficient (Wildman–Crippen LogP) is 2.01. The lowest BCUT2D eigenvalue weighted by Gasteiger charge is -2.11. The van der Waals surface area contributed by atoms with E-state index in [9.17, 15) is 0 Å². The maximum atomic E-state index is 5.66. The summed E-state index contributed by atoms with van der Waals surface area (Å²) in [6, 6.07) is 9.44. The Kier molecular flexibility index (Phi) is 2.03. The molecular weight excluding hydrogens is 184 g/mol. The Morgan fingerprint density at radius 2 is 2.20 bits per heavy atom. The third-order valence-corrected chi connectivity index (χ3v) is 3.32. The van der Waals surface area contributed by atoms with Crippen LogP contribution in [0.15, 0.2) is 30.3 Å². The van der Waals surface area contributed by atoms with Crippen LogP contribution in [0.5, 0.6) is 0 Å². The first-order valence-electron chi connectivity index (χ1n) is 5.65. The van der Waals surface area contributed by atoms with Crippen molar-refractivity contribution in [1.29, 1.82) is 0 Å². The lowest BCUT2D eigenvalue weighted by atomic mass is 10.00. The Balaban J connectivity index is 2.05. The minimum atomic E-state index is 0.741. The molecule has 0 radical (unpaired) electrons. The zero-order valence-corrected chi connectivity index (χ0v) is 8.82. The molecule has 2 N–H and O–H groups in total. The average molecular weight is 200 g/mol. The van der Waals surface area contributed by atoms with Crippen LogP contribution < -0.4 is 10.6 Å². The van der Waals surface area contributed by atoms with E-state index in [1.807, 2.05) is 0 Å². The molecule has 0 saturated carbocycles. The van der Waals surface area contributed by atoms with E-state index in [1.54, 1.807) is 0 Å². The summed E-state index contributed by atoms with van der Waals surface area (Å²) < 4.78 is 0. The van der Waals surface area contributed by atoms with Gasteiger partial charge in [0.25, 0.3) is 0 Å². The fourth-order valence-electron chi connectivity index (χ4n) is 2.45. The third-order valence-electron chi connectivity index (χ3n) is 3.32. The monoisotopic (exact) mass is 200 g/mol. The molecular formula is C13H16N2. The van der Waals surface area contributed by atoms with Crippen molar-refractivity contribution in [2.24, 2.45) is 5.73 Å². The smallest absolute Gasteiger partial charge is 0.0501 e. The molecule has 2 aliphatic rings. The van der Waals surface area contributed by atoms with Crippen molar-refractivity contribution in [2.75, 3.05) is 18.0 Å². The number of anilines is 1. The molecule has 0 aromatic heterocycles. The molecule has 2 heterocycles. The Morgan fingerprint density at radius 3 is 3.07 bits per heavy atom. The van der Waals surface area contributed by atoms with Crippen molar-refractivity contribution in [2.45, 2.75) is 18.9 Å². The fraction of sp³-hybridized carbons (Fsp3) is 0.385. The summed E-state index contributed by atoms with van der Waals surface area (Å²) in [5.74, 6) is 0. The van der Waals surface area contributed by atoms with Gasteiger partial charge in [-0.25, -0.2) is 0 Å². The normalized spacial score (nSPS) is 22.6. The lowest BCUT2D eigenvalue weighted by molar-refractivity contribution is 0.989. The van der Waals surface area contributed by atoms with Gasteiger partial charge in [-0.05, 0) is 31.0 Å². The summed E-state index contributed by atoms with van der Waals surface area (Å²) in [4.78, 5) is 2.48. The van der Waals surface area contributed by atoms with Gasteiger partial charge in [-0.1, -0.05) is 24.3 Å². The molecule has 1 atom stereocenters. The maximum Gasteiger partial charge on any atom is 0.0501 e. The number of benzene rings is 1. The summed E-state index contributed by atoms with van der Waals surface area (Å²) >= 11 is 0. The SMILES string of the molecule is NCCC1=CCC2CN2c2ccccc21. The van der Waals surface area contributed by atoms with Gasteiger partial charge in [-0.3, -0.25) is 0 Å². The highest BCUT2D eigenvalue weighted by Crippen LogP contribution is 2.40. The van der Waals surface area contributed by atoms with Crippen molar-refractivity contribution in [3.8, 4) is 0 Å². The van der Waals surface area contributed by atoms with E-state index >= 15 is 0 Å². The highest BCUT2D eigenvalue weighted by atomic mass is 15.3. The van der Waals surface area contributed by atoms with Gasteiger partial charge in [0.15, 0.2) is 0 Å². The quantitative estimate of drug-likeness (QED) is 0.740.